The fourth-order valence-electron chi connectivity index (χ4n) is 2.93. The van der Waals surface area contributed by atoms with Gasteiger partial charge in [-0.05, 0) is 39.0 Å². The second kappa shape index (κ2) is 6.93. The zero-order valence-corrected chi connectivity index (χ0v) is 14.9. The highest BCUT2D eigenvalue weighted by Gasteiger charge is 2.18. The van der Waals surface area contributed by atoms with E-state index < -0.39 is 0 Å². The van der Waals surface area contributed by atoms with Crippen LogP contribution >= 0.6 is 0 Å². The second-order valence-electron chi connectivity index (χ2n) is 6.29. The summed E-state index contributed by atoms with van der Waals surface area (Å²) < 4.78 is 2.11. The summed E-state index contributed by atoms with van der Waals surface area (Å²) in [6.07, 6.45) is 0. The number of aromatic amines is 1. The van der Waals surface area contributed by atoms with Gasteiger partial charge in [-0.25, -0.2) is 4.98 Å². The molecule has 1 amide bonds. The third-order valence-electron chi connectivity index (χ3n) is 4.15. The molecule has 3 aromatic rings. The van der Waals surface area contributed by atoms with E-state index in [4.69, 9.17) is 0 Å². The monoisotopic (exact) mass is 337 g/mol. The SMILES string of the molecule is C=C(C)CN(CC)C(=O)c1cc(Cn2c(C)nc3ccccc32)[nH]n1. The van der Waals surface area contributed by atoms with Crippen LogP contribution in [0.15, 0.2) is 42.5 Å². The predicted octanol–water partition coefficient (Wildman–Crippen LogP) is 3.15. The lowest BCUT2D eigenvalue weighted by Crippen LogP contribution is -2.32. The number of aromatic nitrogens is 4. The fraction of sp³-hybridized carbons (Fsp3) is 0.316. The van der Waals surface area contributed by atoms with Gasteiger partial charge >= 0.3 is 0 Å². The quantitative estimate of drug-likeness (QED) is 0.703. The Hall–Kier alpha value is -2.89. The number of H-pyrrole nitrogens is 1. The standard InChI is InChI=1S/C19H23N5O/c1-5-23(11-13(2)3)19(25)17-10-15(21-22-17)12-24-14(4)20-16-8-6-7-9-18(16)24/h6-10H,2,5,11-12H2,1,3-4H3,(H,21,22). The molecule has 0 unspecified atom stereocenters. The summed E-state index contributed by atoms with van der Waals surface area (Å²) in [4.78, 5) is 18.9. The summed E-state index contributed by atoms with van der Waals surface area (Å²) in [6, 6.07) is 9.84. The Bertz CT molecular complexity index is 921. The average molecular weight is 337 g/mol. The van der Waals surface area contributed by atoms with Gasteiger partial charge < -0.3 is 9.47 Å². The number of imidazole rings is 1. The number of benzene rings is 1. The fourth-order valence-corrected chi connectivity index (χ4v) is 2.93. The molecule has 1 N–H and O–H groups in total. The van der Waals surface area contributed by atoms with Crippen LogP contribution in [0, 0.1) is 6.92 Å². The van der Waals surface area contributed by atoms with Gasteiger partial charge in [0.05, 0.1) is 23.3 Å². The second-order valence-corrected chi connectivity index (χ2v) is 6.29. The zero-order valence-electron chi connectivity index (χ0n) is 14.9. The Morgan fingerprint density at radius 2 is 2.12 bits per heavy atom. The van der Waals surface area contributed by atoms with E-state index in [-0.39, 0.29) is 5.91 Å². The van der Waals surface area contributed by atoms with E-state index in [9.17, 15) is 4.79 Å². The van der Waals surface area contributed by atoms with Gasteiger partial charge in [0.25, 0.3) is 5.91 Å². The lowest BCUT2D eigenvalue weighted by Gasteiger charge is -2.19. The van der Waals surface area contributed by atoms with E-state index in [1.165, 1.54) is 0 Å². The molecule has 3 rings (SSSR count). The third-order valence-corrected chi connectivity index (χ3v) is 4.15. The minimum Gasteiger partial charge on any atom is -0.334 e. The number of fused-ring (bicyclic) bond motifs is 1. The van der Waals surface area contributed by atoms with E-state index in [1.807, 2.05) is 51.1 Å². The maximum Gasteiger partial charge on any atom is 0.274 e. The highest BCUT2D eigenvalue weighted by atomic mass is 16.2. The summed E-state index contributed by atoms with van der Waals surface area (Å²) >= 11 is 0. The van der Waals surface area contributed by atoms with Crippen LogP contribution in [0.25, 0.3) is 11.0 Å². The summed E-state index contributed by atoms with van der Waals surface area (Å²) in [5.74, 6) is 0.848. The molecule has 0 spiro atoms. The first-order chi connectivity index (χ1) is 12.0. The molecule has 0 aliphatic heterocycles. The third kappa shape index (κ3) is 3.47. The van der Waals surface area contributed by atoms with Gasteiger partial charge in [-0.15, -0.1) is 0 Å². The molecule has 0 saturated heterocycles. The topological polar surface area (TPSA) is 66.8 Å². The molecule has 130 valence electrons. The summed E-state index contributed by atoms with van der Waals surface area (Å²) in [5.41, 5.74) is 4.29. The van der Waals surface area contributed by atoms with Crippen LogP contribution in [0.5, 0.6) is 0 Å². The largest absolute Gasteiger partial charge is 0.334 e. The Balaban J connectivity index is 1.82. The van der Waals surface area contributed by atoms with Crippen molar-refractivity contribution in [2.75, 3.05) is 13.1 Å². The molecule has 2 heterocycles. The van der Waals surface area contributed by atoms with Gasteiger partial charge in [0, 0.05) is 13.1 Å². The molecule has 0 aliphatic rings. The minimum absolute atomic E-state index is 0.0831. The van der Waals surface area contributed by atoms with Crippen LogP contribution in [0.3, 0.4) is 0 Å². The van der Waals surface area contributed by atoms with E-state index >= 15 is 0 Å². The Labute approximate surface area is 147 Å². The van der Waals surface area contributed by atoms with Crippen molar-refractivity contribution < 1.29 is 4.79 Å². The summed E-state index contributed by atoms with van der Waals surface area (Å²) in [5, 5.41) is 7.18. The van der Waals surface area contributed by atoms with Crippen LogP contribution in [-0.2, 0) is 6.54 Å². The molecule has 25 heavy (non-hydrogen) atoms. The smallest absolute Gasteiger partial charge is 0.274 e. The zero-order chi connectivity index (χ0) is 18.0. The first-order valence-electron chi connectivity index (χ1n) is 8.39. The molecule has 2 aromatic heterocycles. The maximum atomic E-state index is 12.6. The Morgan fingerprint density at radius 3 is 2.84 bits per heavy atom. The molecule has 0 fully saturated rings. The predicted molar refractivity (Wildman–Crippen MR) is 98.6 cm³/mol. The highest BCUT2D eigenvalue weighted by Crippen LogP contribution is 2.17. The number of amides is 1. The number of carbonyl (C=O) groups excluding carboxylic acids is 1. The van der Waals surface area contributed by atoms with Gasteiger partial charge in [0.1, 0.15) is 11.5 Å². The first-order valence-corrected chi connectivity index (χ1v) is 8.39. The number of likely N-dealkylation sites (N-methyl/N-ethyl adjacent to an activating group) is 1. The first kappa shape index (κ1) is 17.0. The molecule has 6 nitrogen and oxygen atoms in total. The van der Waals surface area contributed by atoms with E-state index in [2.05, 4.69) is 26.3 Å². The van der Waals surface area contributed by atoms with E-state index in [0.29, 0.717) is 25.3 Å². The van der Waals surface area contributed by atoms with Gasteiger partial charge in [0.2, 0.25) is 0 Å². The summed E-state index contributed by atoms with van der Waals surface area (Å²) in [6.45, 7) is 11.5. The van der Waals surface area contributed by atoms with Gasteiger partial charge in [-0.2, -0.15) is 5.10 Å². The van der Waals surface area contributed by atoms with Crippen molar-refractivity contribution in [2.24, 2.45) is 0 Å². The van der Waals surface area contributed by atoms with Crippen molar-refractivity contribution in [3.63, 3.8) is 0 Å². The van der Waals surface area contributed by atoms with Gasteiger partial charge in [-0.1, -0.05) is 24.3 Å². The molecular weight excluding hydrogens is 314 g/mol. The molecule has 6 heteroatoms. The molecule has 0 atom stereocenters. The lowest BCUT2D eigenvalue weighted by atomic mass is 10.2. The molecule has 0 saturated carbocycles. The van der Waals surface area contributed by atoms with Crippen LogP contribution < -0.4 is 0 Å². The van der Waals surface area contributed by atoms with Crippen LogP contribution in [0.4, 0.5) is 0 Å². The van der Waals surface area contributed by atoms with Crippen molar-refractivity contribution in [1.82, 2.24) is 24.6 Å². The highest BCUT2D eigenvalue weighted by molar-refractivity contribution is 5.92. The number of hydrogen-bond donors (Lipinski definition) is 1. The van der Waals surface area contributed by atoms with Crippen molar-refractivity contribution in [3.05, 3.63) is 59.7 Å². The van der Waals surface area contributed by atoms with E-state index in [1.54, 1.807) is 4.90 Å². The van der Waals surface area contributed by atoms with Crippen molar-refractivity contribution in [1.29, 1.82) is 0 Å². The number of rotatable bonds is 6. The van der Waals surface area contributed by atoms with E-state index in [0.717, 1.165) is 28.1 Å². The van der Waals surface area contributed by atoms with Gasteiger partial charge in [0.15, 0.2) is 0 Å². The Morgan fingerprint density at radius 1 is 1.36 bits per heavy atom. The number of nitrogens with one attached hydrogen (secondary N) is 1. The van der Waals surface area contributed by atoms with Crippen LogP contribution in [-0.4, -0.2) is 43.6 Å². The molecule has 0 radical (unpaired) electrons. The number of hydrogen-bond acceptors (Lipinski definition) is 3. The molecule has 1 aromatic carbocycles. The van der Waals surface area contributed by atoms with Crippen molar-refractivity contribution >= 4 is 16.9 Å². The Kier molecular flexibility index (Phi) is 4.70. The number of carbonyl (C=O) groups is 1. The van der Waals surface area contributed by atoms with Crippen LogP contribution in [0.1, 0.15) is 35.9 Å². The average Bonchev–Trinajstić information content (AvgIpc) is 3.17. The molecular formula is C19H23N5O. The van der Waals surface area contributed by atoms with Crippen LogP contribution in [0.2, 0.25) is 0 Å². The lowest BCUT2D eigenvalue weighted by molar-refractivity contribution is 0.0772. The summed E-state index contributed by atoms with van der Waals surface area (Å²) in [7, 11) is 0. The molecule has 0 bridgehead atoms. The number of aryl methyl sites for hydroxylation is 1. The normalized spacial score (nSPS) is 11.0. The van der Waals surface area contributed by atoms with Crippen molar-refractivity contribution in [2.45, 2.75) is 27.3 Å². The van der Waals surface area contributed by atoms with Gasteiger partial charge in [-0.3, -0.25) is 9.89 Å². The number of nitrogens with zero attached hydrogens (tertiary/aromatic N) is 4. The van der Waals surface area contributed by atoms with Crippen molar-refractivity contribution in [3.8, 4) is 0 Å². The minimum atomic E-state index is -0.0831. The maximum absolute atomic E-state index is 12.6. The molecule has 0 aliphatic carbocycles. The number of para-hydroxylation sites is 2.